The number of imidazole rings is 1. The van der Waals surface area contributed by atoms with Crippen LogP contribution in [0.5, 0.6) is 0 Å². The number of benzene rings is 1. The Balaban J connectivity index is 1.61. The molecule has 0 spiro atoms. The van der Waals surface area contributed by atoms with Crippen LogP contribution >= 0.6 is 0 Å². The van der Waals surface area contributed by atoms with E-state index in [0.717, 1.165) is 5.82 Å². The van der Waals surface area contributed by atoms with Gasteiger partial charge in [-0.3, -0.25) is 0 Å². The quantitative estimate of drug-likeness (QED) is 0.881. The first-order valence-electron chi connectivity index (χ1n) is 6.72. The van der Waals surface area contributed by atoms with Crippen LogP contribution in [0.2, 0.25) is 0 Å². The number of aromatic nitrogens is 2. The van der Waals surface area contributed by atoms with Crippen LogP contribution in [-0.4, -0.2) is 24.5 Å². The minimum absolute atomic E-state index is 0.299. The maximum absolute atomic E-state index is 12.1. The van der Waals surface area contributed by atoms with Crippen molar-refractivity contribution in [3.63, 3.8) is 0 Å². The van der Waals surface area contributed by atoms with Gasteiger partial charge in [-0.15, -0.1) is 0 Å². The predicted molar refractivity (Wildman–Crippen MR) is 75.8 cm³/mol. The molecule has 1 fully saturated rings. The first-order valence-corrected chi connectivity index (χ1v) is 8.21. The topological polar surface area (TPSA) is 64.0 Å². The lowest BCUT2D eigenvalue weighted by Gasteiger charge is -2.09. The molecular weight excluding hydrogens is 274 g/mol. The summed E-state index contributed by atoms with van der Waals surface area (Å²) in [5.41, 5.74) is 0. The average Bonchev–Trinajstić information content (AvgIpc) is 3.20. The first kappa shape index (κ1) is 13.3. The zero-order valence-electron chi connectivity index (χ0n) is 11.1. The van der Waals surface area contributed by atoms with Crippen LogP contribution in [0.15, 0.2) is 47.6 Å². The van der Waals surface area contributed by atoms with Crippen molar-refractivity contribution in [2.24, 2.45) is 0 Å². The highest BCUT2D eigenvalue weighted by Gasteiger charge is 2.27. The Morgan fingerprint density at radius 1 is 1.25 bits per heavy atom. The predicted octanol–water partition coefficient (Wildman–Crippen LogP) is 1.74. The summed E-state index contributed by atoms with van der Waals surface area (Å²) in [4.78, 5) is 4.64. The van der Waals surface area contributed by atoms with Gasteiger partial charge in [0.25, 0.3) is 0 Å². The molecule has 1 aromatic heterocycles. The van der Waals surface area contributed by atoms with E-state index < -0.39 is 10.0 Å². The monoisotopic (exact) mass is 291 g/mol. The van der Waals surface area contributed by atoms with E-state index in [9.17, 15) is 8.42 Å². The summed E-state index contributed by atoms with van der Waals surface area (Å²) in [6, 6.07) is 8.42. The van der Waals surface area contributed by atoms with Gasteiger partial charge >= 0.3 is 0 Å². The molecule has 0 unspecified atom stereocenters. The standard InChI is InChI=1S/C14H17N3O2S/c18-20(19,13-4-2-1-3-5-13)16-9-11-17-10-8-15-14(17)12-6-7-12/h1-5,8,10,12,16H,6-7,9,11H2. The Kier molecular flexibility index (Phi) is 3.58. The van der Waals surface area contributed by atoms with Crippen molar-refractivity contribution < 1.29 is 8.42 Å². The fraction of sp³-hybridized carbons (Fsp3) is 0.357. The molecule has 1 heterocycles. The summed E-state index contributed by atoms with van der Waals surface area (Å²) in [7, 11) is -3.41. The van der Waals surface area contributed by atoms with Gasteiger partial charge in [-0.25, -0.2) is 18.1 Å². The second-order valence-corrected chi connectivity index (χ2v) is 6.73. The van der Waals surface area contributed by atoms with Crippen LogP contribution in [0.3, 0.4) is 0 Å². The third-order valence-electron chi connectivity index (χ3n) is 3.39. The Hall–Kier alpha value is -1.66. The first-order chi connectivity index (χ1) is 9.67. The maximum Gasteiger partial charge on any atom is 0.240 e. The molecule has 0 atom stereocenters. The zero-order chi connectivity index (χ0) is 14.0. The number of hydrogen-bond donors (Lipinski definition) is 1. The van der Waals surface area contributed by atoms with Crippen LogP contribution in [0.25, 0.3) is 0 Å². The van der Waals surface area contributed by atoms with Gasteiger partial charge in [-0.2, -0.15) is 0 Å². The molecule has 0 amide bonds. The fourth-order valence-corrected chi connectivity index (χ4v) is 3.24. The van der Waals surface area contributed by atoms with Crippen LogP contribution in [-0.2, 0) is 16.6 Å². The van der Waals surface area contributed by atoms with Crippen molar-refractivity contribution in [1.82, 2.24) is 14.3 Å². The molecule has 1 aliphatic rings. The van der Waals surface area contributed by atoms with E-state index in [1.165, 1.54) is 12.8 Å². The minimum Gasteiger partial charge on any atom is -0.333 e. The second-order valence-electron chi connectivity index (χ2n) is 4.96. The molecule has 1 saturated carbocycles. The summed E-state index contributed by atoms with van der Waals surface area (Å²) >= 11 is 0. The fourth-order valence-electron chi connectivity index (χ4n) is 2.19. The molecule has 0 aliphatic heterocycles. The van der Waals surface area contributed by atoms with Gasteiger partial charge in [-0.1, -0.05) is 18.2 Å². The number of hydrogen-bond acceptors (Lipinski definition) is 3. The lowest BCUT2D eigenvalue weighted by atomic mass is 10.4. The molecule has 1 aromatic carbocycles. The molecule has 6 heteroatoms. The van der Waals surface area contributed by atoms with E-state index in [-0.39, 0.29) is 0 Å². The van der Waals surface area contributed by atoms with Gasteiger partial charge < -0.3 is 4.57 Å². The van der Waals surface area contributed by atoms with Gasteiger partial charge in [0.15, 0.2) is 0 Å². The summed E-state index contributed by atoms with van der Waals surface area (Å²) < 4.78 is 28.8. The van der Waals surface area contributed by atoms with Crippen molar-refractivity contribution in [3.8, 4) is 0 Å². The Morgan fingerprint density at radius 2 is 2.00 bits per heavy atom. The summed E-state index contributed by atoms with van der Waals surface area (Å²) in [6.45, 7) is 0.977. The number of rotatable bonds is 6. The highest BCUT2D eigenvalue weighted by atomic mass is 32.2. The molecule has 3 rings (SSSR count). The number of sulfonamides is 1. The van der Waals surface area contributed by atoms with Crippen LogP contribution in [0.4, 0.5) is 0 Å². The highest BCUT2D eigenvalue weighted by Crippen LogP contribution is 2.38. The van der Waals surface area contributed by atoms with Crippen molar-refractivity contribution in [1.29, 1.82) is 0 Å². The van der Waals surface area contributed by atoms with Gasteiger partial charge in [0.2, 0.25) is 10.0 Å². The molecule has 1 N–H and O–H groups in total. The summed E-state index contributed by atoms with van der Waals surface area (Å²) in [5, 5.41) is 0. The van der Waals surface area contributed by atoms with Crippen molar-refractivity contribution in [2.45, 2.75) is 30.2 Å². The lowest BCUT2D eigenvalue weighted by molar-refractivity contribution is 0.569. The molecule has 0 bridgehead atoms. The Labute approximate surface area is 118 Å². The molecule has 1 aliphatic carbocycles. The van der Waals surface area contributed by atoms with E-state index in [0.29, 0.717) is 23.9 Å². The minimum atomic E-state index is -3.41. The third kappa shape index (κ3) is 2.91. The third-order valence-corrected chi connectivity index (χ3v) is 4.87. The molecule has 0 radical (unpaired) electrons. The van der Waals surface area contributed by atoms with Crippen molar-refractivity contribution in [3.05, 3.63) is 48.5 Å². The summed E-state index contributed by atoms with van der Waals surface area (Å²) in [5.74, 6) is 1.64. The van der Waals surface area contributed by atoms with Crippen LogP contribution < -0.4 is 4.72 Å². The van der Waals surface area contributed by atoms with Crippen LogP contribution in [0, 0.1) is 0 Å². The summed E-state index contributed by atoms with van der Waals surface area (Å²) in [6.07, 6.45) is 6.06. The van der Waals surface area contributed by atoms with Crippen molar-refractivity contribution >= 4 is 10.0 Å². The molecule has 2 aromatic rings. The smallest absolute Gasteiger partial charge is 0.240 e. The number of nitrogens with zero attached hydrogens (tertiary/aromatic N) is 2. The van der Waals surface area contributed by atoms with E-state index in [4.69, 9.17) is 0 Å². The normalized spacial score (nSPS) is 15.4. The second kappa shape index (κ2) is 5.38. The van der Waals surface area contributed by atoms with Gasteiger partial charge in [-0.05, 0) is 25.0 Å². The SMILES string of the molecule is O=S(=O)(NCCn1ccnc1C1CC1)c1ccccc1. The van der Waals surface area contributed by atoms with E-state index in [1.54, 1.807) is 36.5 Å². The molecule has 0 saturated heterocycles. The largest absolute Gasteiger partial charge is 0.333 e. The maximum atomic E-state index is 12.1. The van der Waals surface area contributed by atoms with Crippen LogP contribution in [0.1, 0.15) is 24.6 Å². The number of nitrogens with one attached hydrogen (secondary N) is 1. The van der Waals surface area contributed by atoms with Gasteiger partial charge in [0.1, 0.15) is 5.82 Å². The lowest BCUT2D eigenvalue weighted by Crippen LogP contribution is -2.27. The Morgan fingerprint density at radius 3 is 2.70 bits per heavy atom. The highest BCUT2D eigenvalue weighted by molar-refractivity contribution is 7.89. The zero-order valence-corrected chi connectivity index (χ0v) is 11.9. The Bertz CT molecular complexity index is 675. The molecule has 5 nitrogen and oxygen atoms in total. The van der Waals surface area contributed by atoms with E-state index in [1.807, 2.05) is 10.8 Å². The van der Waals surface area contributed by atoms with E-state index >= 15 is 0 Å². The van der Waals surface area contributed by atoms with Gasteiger partial charge in [0, 0.05) is 31.4 Å². The molecule has 106 valence electrons. The van der Waals surface area contributed by atoms with E-state index in [2.05, 4.69) is 9.71 Å². The molecular formula is C14H17N3O2S. The van der Waals surface area contributed by atoms with Gasteiger partial charge in [0.05, 0.1) is 4.90 Å². The van der Waals surface area contributed by atoms with Crippen molar-refractivity contribution in [2.75, 3.05) is 6.54 Å². The molecule has 20 heavy (non-hydrogen) atoms. The average molecular weight is 291 g/mol.